The van der Waals surface area contributed by atoms with Crippen LogP contribution in [0.25, 0.3) is 0 Å². The summed E-state index contributed by atoms with van der Waals surface area (Å²) in [5.41, 5.74) is 2.28. The van der Waals surface area contributed by atoms with Gasteiger partial charge < -0.3 is 4.74 Å². The minimum atomic E-state index is 0.0757. The Morgan fingerprint density at radius 3 is 2.57 bits per heavy atom. The Kier molecular flexibility index (Phi) is 3.79. The number of carbonyl (C=O) groups excluding carboxylic acids is 1. The summed E-state index contributed by atoms with van der Waals surface area (Å²) in [5, 5.41) is 8.92. The highest BCUT2D eigenvalue weighted by Gasteiger charge is 2.39. The van der Waals surface area contributed by atoms with Crippen LogP contribution in [0.5, 0.6) is 0 Å². The van der Waals surface area contributed by atoms with Gasteiger partial charge in [0, 0.05) is 23.6 Å². The number of rotatable bonds is 2. The van der Waals surface area contributed by atoms with Crippen molar-refractivity contribution in [2.45, 2.75) is 31.8 Å². The molecule has 0 aliphatic carbocycles. The van der Waals surface area contributed by atoms with E-state index in [1.165, 1.54) is 0 Å². The number of ketones is 1. The van der Waals surface area contributed by atoms with Crippen molar-refractivity contribution < 1.29 is 9.53 Å². The minimum Gasteiger partial charge on any atom is -0.378 e. The largest absolute Gasteiger partial charge is 0.378 e. The van der Waals surface area contributed by atoms with Crippen LogP contribution < -0.4 is 0 Å². The third-order valence-electron chi connectivity index (χ3n) is 4.88. The summed E-state index contributed by atoms with van der Waals surface area (Å²) in [5.74, 6) is 0.300. The molecule has 110 valence electrons. The summed E-state index contributed by atoms with van der Waals surface area (Å²) in [6, 6.07) is 8.16. The van der Waals surface area contributed by atoms with E-state index in [0.717, 1.165) is 37.2 Å². The summed E-state index contributed by atoms with van der Waals surface area (Å²) in [6.07, 6.45) is 1.73. The fraction of sp³-hybridized carbons (Fsp3) is 0.529. The zero-order valence-corrected chi connectivity index (χ0v) is 12.5. The molecule has 4 nitrogen and oxygen atoms in total. The second-order valence-corrected chi connectivity index (χ2v) is 6.18. The Morgan fingerprint density at radius 2 is 2.00 bits per heavy atom. The summed E-state index contributed by atoms with van der Waals surface area (Å²) in [4.78, 5) is 15.2. The molecule has 0 N–H and O–H groups in total. The first-order valence-corrected chi connectivity index (χ1v) is 7.44. The Balaban J connectivity index is 1.81. The average molecular weight is 284 g/mol. The zero-order chi connectivity index (χ0) is 15.0. The Morgan fingerprint density at radius 1 is 1.33 bits per heavy atom. The topological polar surface area (TPSA) is 53.3 Å². The van der Waals surface area contributed by atoms with Crippen LogP contribution in [-0.2, 0) is 4.74 Å². The lowest BCUT2D eigenvalue weighted by atomic mass is 9.80. The molecule has 0 spiro atoms. The van der Waals surface area contributed by atoms with Crippen molar-refractivity contribution in [3.05, 3.63) is 34.9 Å². The summed E-state index contributed by atoms with van der Waals surface area (Å²) in [7, 11) is 2.13. The molecule has 2 unspecified atom stereocenters. The van der Waals surface area contributed by atoms with Crippen LogP contribution in [0.2, 0.25) is 0 Å². The van der Waals surface area contributed by atoms with Gasteiger partial charge in [0.2, 0.25) is 0 Å². The van der Waals surface area contributed by atoms with E-state index in [2.05, 4.69) is 18.0 Å². The highest BCUT2D eigenvalue weighted by Crippen LogP contribution is 2.32. The lowest BCUT2D eigenvalue weighted by molar-refractivity contribution is -0.0702. The number of ether oxygens (including phenoxy) is 1. The Hall–Kier alpha value is -1.70. The van der Waals surface area contributed by atoms with Crippen molar-refractivity contribution in [2.75, 3.05) is 20.3 Å². The molecular weight excluding hydrogens is 264 g/mol. The Labute approximate surface area is 125 Å². The standard InChI is InChI=1S/C17H20N2O2/c1-11-5-12(8-18)3-4-16(11)17(20)13-6-14-9-21-10-15(7-13)19(14)2/h3-5,13-15H,6-7,9-10H2,1-2H3. The fourth-order valence-corrected chi connectivity index (χ4v) is 3.54. The molecule has 0 aromatic heterocycles. The van der Waals surface area contributed by atoms with E-state index < -0.39 is 0 Å². The second-order valence-electron chi connectivity index (χ2n) is 6.18. The van der Waals surface area contributed by atoms with Crippen molar-refractivity contribution >= 4 is 5.78 Å². The van der Waals surface area contributed by atoms with Gasteiger partial charge in [0.05, 0.1) is 24.8 Å². The number of hydrogen-bond acceptors (Lipinski definition) is 4. The van der Waals surface area contributed by atoms with Crippen molar-refractivity contribution in [1.29, 1.82) is 5.26 Å². The molecule has 1 aromatic carbocycles. The normalized spacial score (nSPS) is 28.9. The quantitative estimate of drug-likeness (QED) is 0.781. The van der Waals surface area contributed by atoms with Gasteiger partial charge in [-0.3, -0.25) is 9.69 Å². The highest BCUT2D eigenvalue weighted by molar-refractivity contribution is 5.99. The van der Waals surface area contributed by atoms with Crippen molar-refractivity contribution in [3.8, 4) is 6.07 Å². The number of nitrogens with zero attached hydrogens (tertiary/aromatic N) is 2. The van der Waals surface area contributed by atoms with Gasteiger partial charge in [-0.05, 0) is 50.6 Å². The number of carbonyl (C=O) groups is 1. The molecular formula is C17H20N2O2. The molecule has 4 heteroatoms. The number of Topliss-reactive ketones (excluding diaryl/α,β-unsaturated/α-hetero) is 1. The van der Waals surface area contributed by atoms with Crippen LogP contribution >= 0.6 is 0 Å². The maximum Gasteiger partial charge on any atom is 0.166 e. The van der Waals surface area contributed by atoms with E-state index in [-0.39, 0.29) is 11.7 Å². The van der Waals surface area contributed by atoms with Crippen molar-refractivity contribution in [2.24, 2.45) is 5.92 Å². The molecule has 0 radical (unpaired) electrons. The second kappa shape index (κ2) is 5.59. The molecule has 2 saturated heterocycles. The van der Waals surface area contributed by atoms with E-state index in [0.29, 0.717) is 17.6 Å². The van der Waals surface area contributed by atoms with Gasteiger partial charge in [-0.1, -0.05) is 0 Å². The molecule has 2 aliphatic rings. The predicted octanol–water partition coefficient (Wildman–Crippen LogP) is 2.16. The van der Waals surface area contributed by atoms with Crippen LogP contribution in [0.4, 0.5) is 0 Å². The van der Waals surface area contributed by atoms with E-state index in [4.69, 9.17) is 10.00 Å². The van der Waals surface area contributed by atoms with Gasteiger partial charge in [-0.2, -0.15) is 5.26 Å². The zero-order valence-electron chi connectivity index (χ0n) is 12.5. The third-order valence-corrected chi connectivity index (χ3v) is 4.88. The lowest BCUT2D eigenvalue weighted by Gasteiger charge is -2.46. The van der Waals surface area contributed by atoms with E-state index in [9.17, 15) is 4.79 Å². The molecule has 2 heterocycles. The number of benzene rings is 1. The van der Waals surface area contributed by atoms with Crippen LogP contribution in [0.3, 0.4) is 0 Å². The van der Waals surface area contributed by atoms with Gasteiger partial charge in [0.15, 0.2) is 5.78 Å². The fourth-order valence-electron chi connectivity index (χ4n) is 3.54. The molecule has 21 heavy (non-hydrogen) atoms. The van der Waals surface area contributed by atoms with Gasteiger partial charge in [-0.25, -0.2) is 0 Å². The molecule has 1 aromatic rings. The maximum absolute atomic E-state index is 12.8. The summed E-state index contributed by atoms with van der Waals surface area (Å²) >= 11 is 0. The third kappa shape index (κ3) is 2.59. The summed E-state index contributed by atoms with van der Waals surface area (Å²) < 4.78 is 5.61. The first kappa shape index (κ1) is 14.2. The van der Waals surface area contributed by atoms with Crippen molar-refractivity contribution in [3.63, 3.8) is 0 Å². The smallest absolute Gasteiger partial charge is 0.166 e. The number of aryl methyl sites for hydroxylation is 1. The van der Waals surface area contributed by atoms with Crippen LogP contribution in [-0.4, -0.2) is 43.0 Å². The molecule has 0 amide bonds. The Bertz CT molecular complexity index is 591. The number of piperidine rings is 1. The molecule has 0 saturated carbocycles. The molecule has 3 rings (SSSR count). The van der Waals surface area contributed by atoms with Gasteiger partial charge in [-0.15, -0.1) is 0 Å². The summed E-state index contributed by atoms with van der Waals surface area (Å²) in [6.45, 7) is 3.36. The monoisotopic (exact) mass is 284 g/mol. The number of likely N-dealkylation sites (N-methyl/N-ethyl adjacent to an activating group) is 1. The number of morpholine rings is 1. The van der Waals surface area contributed by atoms with E-state index in [1.807, 2.05) is 6.92 Å². The lowest BCUT2D eigenvalue weighted by Crippen LogP contribution is -2.55. The highest BCUT2D eigenvalue weighted by atomic mass is 16.5. The number of nitriles is 1. The predicted molar refractivity (Wildman–Crippen MR) is 79.1 cm³/mol. The maximum atomic E-state index is 12.8. The SMILES string of the molecule is Cc1cc(C#N)ccc1C(=O)C1CC2COCC(C1)N2C. The molecule has 2 fully saturated rings. The van der Waals surface area contributed by atoms with E-state index in [1.54, 1.807) is 18.2 Å². The van der Waals surface area contributed by atoms with Crippen LogP contribution in [0, 0.1) is 24.2 Å². The van der Waals surface area contributed by atoms with Crippen LogP contribution in [0.15, 0.2) is 18.2 Å². The first-order chi connectivity index (χ1) is 10.1. The van der Waals surface area contributed by atoms with E-state index >= 15 is 0 Å². The van der Waals surface area contributed by atoms with Gasteiger partial charge in [0.1, 0.15) is 0 Å². The van der Waals surface area contributed by atoms with Gasteiger partial charge in [0.25, 0.3) is 0 Å². The average Bonchev–Trinajstić information content (AvgIpc) is 2.46. The molecule has 2 atom stereocenters. The molecule has 2 bridgehead atoms. The van der Waals surface area contributed by atoms with Gasteiger partial charge >= 0.3 is 0 Å². The van der Waals surface area contributed by atoms with Crippen molar-refractivity contribution in [1.82, 2.24) is 4.90 Å². The van der Waals surface area contributed by atoms with Crippen LogP contribution in [0.1, 0.15) is 34.3 Å². The number of hydrogen-bond donors (Lipinski definition) is 0. The molecule has 2 aliphatic heterocycles. The minimum absolute atomic E-state index is 0.0757. The first-order valence-electron chi connectivity index (χ1n) is 7.44. The number of fused-ring (bicyclic) bond motifs is 2.